The summed E-state index contributed by atoms with van der Waals surface area (Å²) in [6.45, 7) is -0.732. The van der Waals surface area contributed by atoms with E-state index in [-0.39, 0.29) is 24.9 Å². The van der Waals surface area contributed by atoms with Crippen LogP contribution in [0.4, 0.5) is 8.78 Å². The zero-order valence-electron chi connectivity index (χ0n) is 11.8. The molecule has 0 N–H and O–H groups in total. The SMILES string of the molecule is O=C([C@H]1[C@@H]2CC(Cc3ccccc3)C[C@@H]21)N1CC(F)(F)C1. The number of benzene rings is 1. The Morgan fingerprint density at radius 3 is 2.33 bits per heavy atom. The quantitative estimate of drug-likeness (QED) is 0.838. The van der Waals surface area contributed by atoms with Crippen molar-refractivity contribution in [3.63, 3.8) is 0 Å². The minimum atomic E-state index is -2.64. The van der Waals surface area contributed by atoms with Gasteiger partial charge in [-0.3, -0.25) is 4.79 Å². The number of carbonyl (C=O) groups excluding carboxylic acids is 1. The van der Waals surface area contributed by atoms with Gasteiger partial charge in [-0.2, -0.15) is 0 Å². The third-order valence-corrected chi connectivity index (χ3v) is 5.35. The summed E-state index contributed by atoms with van der Waals surface area (Å²) >= 11 is 0. The summed E-state index contributed by atoms with van der Waals surface area (Å²) in [7, 11) is 0. The van der Waals surface area contributed by atoms with Crippen molar-refractivity contribution in [3.05, 3.63) is 35.9 Å². The molecule has 0 aromatic heterocycles. The molecule has 1 aromatic rings. The first kappa shape index (κ1) is 13.2. The summed E-state index contributed by atoms with van der Waals surface area (Å²) in [5, 5.41) is 0. The van der Waals surface area contributed by atoms with Gasteiger partial charge in [-0.1, -0.05) is 30.3 Å². The van der Waals surface area contributed by atoms with Gasteiger partial charge in [0.05, 0.1) is 13.1 Å². The number of hydrogen-bond acceptors (Lipinski definition) is 1. The van der Waals surface area contributed by atoms with Gasteiger partial charge in [-0.15, -0.1) is 0 Å². The maximum absolute atomic E-state index is 12.8. The smallest absolute Gasteiger partial charge is 0.282 e. The van der Waals surface area contributed by atoms with Crippen molar-refractivity contribution in [3.8, 4) is 0 Å². The van der Waals surface area contributed by atoms with E-state index in [2.05, 4.69) is 24.3 Å². The lowest BCUT2D eigenvalue weighted by atomic mass is 9.92. The highest BCUT2D eigenvalue weighted by Crippen LogP contribution is 2.61. The van der Waals surface area contributed by atoms with Crippen LogP contribution in [0.15, 0.2) is 30.3 Å². The summed E-state index contributed by atoms with van der Waals surface area (Å²) < 4.78 is 25.7. The molecule has 1 aliphatic heterocycles. The number of halogens is 2. The van der Waals surface area contributed by atoms with E-state index in [0.29, 0.717) is 17.8 Å². The number of alkyl halides is 2. The molecule has 1 amide bonds. The van der Waals surface area contributed by atoms with Crippen LogP contribution in [0.1, 0.15) is 18.4 Å². The molecule has 0 bridgehead atoms. The van der Waals surface area contributed by atoms with Crippen molar-refractivity contribution in [2.24, 2.45) is 23.7 Å². The van der Waals surface area contributed by atoms with E-state index < -0.39 is 5.92 Å². The van der Waals surface area contributed by atoms with Crippen molar-refractivity contribution in [1.82, 2.24) is 4.90 Å². The van der Waals surface area contributed by atoms with Crippen LogP contribution in [-0.2, 0) is 11.2 Å². The summed E-state index contributed by atoms with van der Waals surface area (Å²) in [6, 6.07) is 10.4. The molecule has 3 fully saturated rings. The number of hydrogen-bond donors (Lipinski definition) is 0. The van der Waals surface area contributed by atoms with Crippen molar-refractivity contribution < 1.29 is 13.6 Å². The number of nitrogens with zero attached hydrogens (tertiary/aromatic N) is 1. The lowest BCUT2D eigenvalue weighted by Crippen LogP contribution is -2.59. The Bertz CT molecular complexity index is 539. The molecule has 2 aliphatic carbocycles. The van der Waals surface area contributed by atoms with Crippen LogP contribution < -0.4 is 0 Å². The molecule has 1 unspecified atom stereocenters. The van der Waals surface area contributed by atoms with Gasteiger partial charge < -0.3 is 4.90 Å². The van der Waals surface area contributed by atoms with Crippen LogP contribution in [-0.4, -0.2) is 29.8 Å². The molecular weight excluding hydrogens is 272 g/mol. The molecule has 0 spiro atoms. The second kappa shape index (κ2) is 4.52. The Balaban J connectivity index is 1.29. The van der Waals surface area contributed by atoms with E-state index in [9.17, 15) is 13.6 Å². The maximum Gasteiger partial charge on any atom is 0.282 e. The standard InChI is InChI=1S/C17H19F2NO/c18-17(19)9-20(10-17)16(21)15-13-7-12(8-14(13)15)6-11-4-2-1-3-5-11/h1-5,12-15H,6-10H2/t12?,13-,14+,15+. The van der Waals surface area contributed by atoms with Crippen molar-refractivity contribution >= 4 is 5.91 Å². The number of likely N-dealkylation sites (tertiary alicyclic amines) is 1. The molecule has 0 radical (unpaired) electrons. The van der Waals surface area contributed by atoms with E-state index >= 15 is 0 Å². The molecule has 4 rings (SSSR count). The number of fused-ring (bicyclic) bond motifs is 1. The number of carbonyl (C=O) groups is 1. The number of rotatable bonds is 3. The van der Waals surface area contributed by atoms with Gasteiger partial charge in [0, 0.05) is 5.92 Å². The molecule has 2 saturated carbocycles. The second-order valence-electron chi connectivity index (χ2n) is 6.93. The number of amides is 1. The fourth-order valence-electron chi connectivity index (χ4n) is 4.31. The van der Waals surface area contributed by atoms with E-state index in [1.54, 1.807) is 0 Å². The van der Waals surface area contributed by atoms with Crippen molar-refractivity contribution in [1.29, 1.82) is 0 Å². The van der Waals surface area contributed by atoms with E-state index in [4.69, 9.17) is 0 Å². The van der Waals surface area contributed by atoms with Crippen LogP contribution in [0, 0.1) is 23.7 Å². The lowest BCUT2D eigenvalue weighted by molar-refractivity contribution is -0.167. The van der Waals surface area contributed by atoms with Crippen LogP contribution in [0.3, 0.4) is 0 Å². The fraction of sp³-hybridized carbons (Fsp3) is 0.588. The molecular formula is C17H19F2NO. The predicted octanol–water partition coefficient (Wildman–Crippen LogP) is 2.98. The van der Waals surface area contributed by atoms with E-state index in [0.717, 1.165) is 19.3 Å². The van der Waals surface area contributed by atoms with Gasteiger partial charge in [-0.05, 0) is 42.6 Å². The molecule has 112 valence electrons. The van der Waals surface area contributed by atoms with Gasteiger partial charge in [0.15, 0.2) is 0 Å². The Kier molecular flexibility index (Phi) is 2.85. The zero-order chi connectivity index (χ0) is 14.6. The van der Waals surface area contributed by atoms with Gasteiger partial charge in [0.25, 0.3) is 5.92 Å². The van der Waals surface area contributed by atoms with Gasteiger partial charge in [0.1, 0.15) is 0 Å². The fourth-order valence-corrected chi connectivity index (χ4v) is 4.31. The topological polar surface area (TPSA) is 20.3 Å². The minimum Gasteiger partial charge on any atom is -0.330 e. The predicted molar refractivity (Wildman–Crippen MR) is 74.9 cm³/mol. The minimum absolute atomic E-state index is 0.0194. The Morgan fingerprint density at radius 2 is 1.76 bits per heavy atom. The molecule has 1 saturated heterocycles. The highest BCUT2D eigenvalue weighted by Gasteiger charge is 2.62. The lowest BCUT2D eigenvalue weighted by Gasteiger charge is -2.39. The van der Waals surface area contributed by atoms with Crippen LogP contribution in [0.25, 0.3) is 0 Å². The Labute approximate surface area is 123 Å². The normalized spacial score (nSPS) is 36.0. The van der Waals surface area contributed by atoms with Crippen LogP contribution in [0.2, 0.25) is 0 Å². The first-order chi connectivity index (χ1) is 10.0. The first-order valence-corrected chi connectivity index (χ1v) is 7.74. The van der Waals surface area contributed by atoms with E-state index in [1.165, 1.54) is 10.5 Å². The van der Waals surface area contributed by atoms with Gasteiger partial charge >= 0.3 is 0 Å². The van der Waals surface area contributed by atoms with Crippen molar-refractivity contribution in [2.45, 2.75) is 25.2 Å². The van der Waals surface area contributed by atoms with Crippen LogP contribution >= 0.6 is 0 Å². The summed E-state index contributed by atoms with van der Waals surface area (Å²) in [5.41, 5.74) is 1.36. The summed E-state index contributed by atoms with van der Waals surface area (Å²) in [4.78, 5) is 13.5. The molecule has 4 atom stereocenters. The highest BCUT2D eigenvalue weighted by molar-refractivity contribution is 5.83. The summed E-state index contributed by atoms with van der Waals surface area (Å²) in [6.07, 6.45) is 3.25. The largest absolute Gasteiger partial charge is 0.330 e. The average molecular weight is 291 g/mol. The third kappa shape index (κ3) is 2.34. The highest BCUT2D eigenvalue weighted by atomic mass is 19.3. The third-order valence-electron chi connectivity index (χ3n) is 5.35. The Morgan fingerprint density at radius 1 is 1.14 bits per heavy atom. The van der Waals surface area contributed by atoms with Crippen LogP contribution in [0.5, 0.6) is 0 Å². The van der Waals surface area contributed by atoms with E-state index in [1.807, 2.05) is 6.07 Å². The molecule has 21 heavy (non-hydrogen) atoms. The molecule has 1 heterocycles. The first-order valence-electron chi connectivity index (χ1n) is 7.74. The molecule has 2 nitrogen and oxygen atoms in total. The molecule has 3 aliphatic rings. The average Bonchev–Trinajstić information content (AvgIpc) is 2.93. The monoisotopic (exact) mass is 291 g/mol. The maximum atomic E-state index is 12.8. The van der Waals surface area contributed by atoms with Gasteiger partial charge in [-0.25, -0.2) is 8.78 Å². The summed E-state index contributed by atoms with van der Waals surface area (Å²) in [5.74, 6) is -1.04. The Hall–Kier alpha value is -1.45. The molecule has 4 heteroatoms. The van der Waals surface area contributed by atoms with Crippen molar-refractivity contribution in [2.75, 3.05) is 13.1 Å². The second-order valence-corrected chi connectivity index (χ2v) is 6.93. The molecule has 1 aromatic carbocycles. The zero-order valence-corrected chi connectivity index (χ0v) is 11.8. The van der Waals surface area contributed by atoms with Gasteiger partial charge in [0.2, 0.25) is 5.91 Å².